The molecule has 3 atom stereocenters. The van der Waals surface area contributed by atoms with Crippen LogP contribution in [-0.4, -0.2) is 68.5 Å². The second-order valence-electron chi connectivity index (χ2n) is 20.3. The Morgan fingerprint density at radius 2 is 0.859 bits per heavy atom. The van der Waals surface area contributed by atoms with Crippen molar-refractivity contribution in [2.45, 2.75) is 238 Å². The first kappa shape index (κ1) is 68.2. The molecule has 0 spiro atoms. The van der Waals surface area contributed by atoms with E-state index < -0.39 is 20.0 Å². The molecule has 0 radical (unpaired) electrons. The first-order chi connectivity index (χ1) is 34.5. The van der Waals surface area contributed by atoms with Crippen LogP contribution >= 0.6 is 7.82 Å². The van der Waals surface area contributed by atoms with E-state index in [0.717, 1.165) is 116 Å². The van der Waals surface area contributed by atoms with Gasteiger partial charge in [0.2, 0.25) is 5.91 Å². The lowest BCUT2D eigenvalue weighted by molar-refractivity contribution is -0.870. The highest BCUT2D eigenvalue weighted by molar-refractivity contribution is 7.45. The Balaban J connectivity index is 4.24. The maximum atomic E-state index is 13.0. The molecule has 0 fully saturated rings. The zero-order valence-corrected chi connectivity index (χ0v) is 47.3. The second-order valence-corrected chi connectivity index (χ2v) is 21.7. The molecule has 0 aliphatic heterocycles. The number of hydrogen-bond acceptors (Lipinski definition) is 6. The van der Waals surface area contributed by atoms with Crippen LogP contribution in [0, 0.1) is 0 Å². The van der Waals surface area contributed by atoms with Gasteiger partial charge in [-0.25, -0.2) is 0 Å². The number of phosphoric acid groups is 1. The highest BCUT2D eigenvalue weighted by Crippen LogP contribution is 2.38. The SMILES string of the molecule is CC/C=C\C/C=C\C/C=C\C/C=C\C/C=C\C/C=C\C/C=C\C/C=C\C/C=C\CCCCCCCC(=O)NC(COP(=O)([O-])OCC[N+](C)(C)C)C(O)CCCCCCCCCCCCCCCCCC. The van der Waals surface area contributed by atoms with Gasteiger partial charge in [-0.2, -0.15) is 0 Å². The number of quaternary nitrogens is 1. The highest BCUT2D eigenvalue weighted by Gasteiger charge is 2.24. The Kier molecular flexibility index (Phi) is 50.0. The third kappa shape index (κ3) is 54.8. The van der Waals surface area contributed by atoms with Gasteiger partial charge >= 0.3 is 0 Å². The van der Waals surface area contributed by atoms with Crippen molar-refractivity contribution in [3.05, 3.63) is 109 Å². The molecule has 0 aromatic rings. The summed E-state index contributed by atoms with van der Waals surface area (Å²) in [5.74, 6) is -0.187. The zero-order valence-electron chi connectivity index (χ0n) is 46.4. The Morgan fingerprint density at radius 3 is 1.25 bits per heavy atom. The number of rotatable bonds is 51. The molecule has 9 heteroatoms. The molecular weight excluding hydrogens is 900 g/mol. The summed E-state index contributed by atoms with van der Waals surface area (Å²) in [6, 6.07) is -0.819. The zero-order chi connectivity index (χ0) is 52.0. The van der Waals surface area contributed by atoms with Crippen LogP contribution in [0.1, 0.15) is 226 Å². The molecule has 71 heavy (non-hydrogen) atoms. The van der Waals surface area contributed by atoms with Crippen molar-refractivity contribution in [2.75, 3.05) is 40.9 Å². The number of aliphatic hydroxyl groups is 1. The van der Waals surface area contributed by atoms with Gasteiger partial charge in [-0.3, -0.25) is 9.36 Å². The number of phosphoric ester groups is 1. The van der Waals surface area contributed by atoms with Crippen LogP contribution in [-0.2, 0) is 18.4 Å². The lowest BCUT2D eigenvalue weighted by Gasteiger charge is -2.30. The van der Waals surface area contributed by atoms with E-state index in [1.807, 2.05) is 21.1 Å². The van der Waals surface area contributed by atoms with Crippen molar-refractivity contribution in [3.63, 3.8) is 0 Å². The number of carbonyl (C=O) groups excluding carboxylic acids is 1. The fourth-order valence-corrected chi connectivity index (χ4v) is 8.52. The number of likely N-dealkylation sites (N-methyl/N-ethyl adjacent to an activating group) is 1. The first-order valence-corrected chi connectivity index (χ1v) is 30.2. The summed E-state index contributed by atoms with van der Waals surface area (Å²) in [4.78, 5) is 25.5. The van der Waals surface area contributed by atoms with E-state index in [4.69, 9.17) is 9.05 Å². The molecule has 0 saturated heterocycles. The van der Waals surface area contributed by atoms with Crippen LogP contribution in [0.5, 0.6) is 0 Å². The average molecular weight is 1010 g/mol. The maximum Gasteiger partial charge on any atom is 0.268 e. The summed E-state index contributed by atoms with van der Waals surface area (Å²) < 4.78 is 23.4. The molecule has 0 bridgehead atoms. The maximum absolute atomic E-state index is 13.0. The first-order valence-electron chi connectivity index (χ1n) is 28.7. The normalized spacial score (nSPS) is 14.7. The molecule has 0 aromatic carbocycles. The van der Waals surface area contributed by atoms with E-state index in [1.165, 1.54) is 83.5 Å². The summed E-state index contributed by atoms with van der Waals surface area (Å²) >= 11 is 0. The average Bonchev–Trinajstić information content (AvgIpc) is 3.33. The Labute approximate surface area is 438 Å². The monoisotopic (exact) mass is 1010 g/mol. The van der Waals surface area contributed by atoms with Gasteiger partial charge in [0, 0.05) is 6.42 Å². The molecular formula is C62H109N2O6P. The number of allylic oxidation sites excluding steroid dienone is 18. The summed E-state index contributed by atoms with van der Waals surface area (Å²) in [5.41, 5.74) is 0. The predicted octanol–water partition coefficient (Wildman–Crippen LogP) is 17.0. The van der Waals surface area contributed by atoms with E-state index in [2.05, 4.69) is 129 Å². The minimum atomic E-state index is -4.59. The van der Waals surface area contributed by atoms with Crippen LogP contribution in [0.3, 0.4) is 0 Å². The van der Waals surface area contributed by atoms with Gasteiger partial charge < -0.3 is 28.8 Å². The minimum absolute atomic E-state index is 0.00241. The molecule has 408 valence electrons. The Bertz CT molecular complexity index is 1520. The second kappa shape index (κ2) is 52.0. The van der Waals surface area contributed by atoms with Crippen LogP contribution in [0.25, 0.3) is 0 Å². The van der Waals surface area contributed by atoms with Gasteiger partial charge in [0.1, 0.15) is 13.2 Å². The smallest absolute Gasteiger partial charge is 0.268 e. The molecule has 2 N–H and O–H groups in total. The Morgan fingerprint density at radius 1 is 0.507 bits per heavy atom. The molecule has 3 unspecified atom stereocenters. The molecule has 0 rings (SSSR count). The number of amides is 1. The lowest BCUT2D eigenvalue weighted by atomic mass is 10.0. The van der Waals surface area contributed by atoms with Gasteiger partial charge in [-0.15, -0.1) is 0 Å². The summed E-state index contributed by atoms with van der Waals surface area (Å²) in [7, 11) is 1.28. The molecule has 0 aliphatic carbocycles. The van der Waals surface area contributed by atoms with Crippen LogP contribution in [0.15, 0.2) is 109 Å². The van der Waals surface area contributed by atoms with Crippen molar-refractivity contribution < 1.29 is 32.9 Å². The summed E-state index contributed by atoms with van der Waals surface area (Å²) in [5, 5.41) is 14.0. The molecule has 0 aromatic heterocycles. The summed E-state index contributed by atoms with van der Waals surface area (Å²) in [6.07, 6.45) is 75.4. The van der Waals surface area contributed by atoms with Crippen molar-refractivity contribution in [1.29, 1.82) is 0 Å². The van der Waals surface area contributed by atoms with Crippen LogP contribution in [0.4, 0.5) is 0 Å². The van der Waals surface area contributed by atoms with E-state index in [0.29, 0.717) is 23.9 Å². The molecule has 0 heterocycles. The molecule has 0 saturated carbocycles. The van der Waals surface area contributed by atoms with E-state index >= 15 is 0 Å². The topological polar surface area (TPSA) is 108 Å². The lowest BCUT2D eigenvalue weighted by Crippen LogP contribution is -2.46. The third-order valence-corrected chi connectivity index (χ3v) is 13.2. The van der Waals surface area contributed by atoms with E-state index in [1.54, 1.807) is 0 Å². The van der Waals surface area contributed by atoms with E-state index in [9.17, 15) is 19.4 Å². The van der Waals surface area contributed by atoms with Gasteiger partial charge in [-0.1, -0.05) is 245 Å². The largest absolute Gasteiger partial charge is 0.756 e. The molecule has 0 aliphatic rings. The van der Waals surface area contributed by atoms with Gasteiger partial charge in [0.15, 0.2) is 0 Å². The number of nitrogens with one attached hydrogen (secondary N) is 1. The van der Waals surface area contributed by atoms with Crippen molar-refractivity contribution in [2.24, 2.45) is 0 Å². The molecule has 8 nitrogen and oxygen atoms in total. The quantitative estimate of drug-likeness (QED) is 0.0272. The summed E-state index contributed by atoms with van der Waals surface area (Å²) in [6.45, 7) is 4.59. The number of nitrogens with zero attached hydrogens (tertiary/aromatic N) is 1. The minimum Gasteiger partial charge on any atom is -0.756 e. The van der Waals surface area contributed by atoms with Crippen molar-refractivity contribution in [1.82, 2.24) is 5.32 Å². The predicted molar refractivity (Wildman–Crippen MR) is 306 cm³/mol. The van der Waals surface area contributed by atoms with Crippen molar-refractivity contribution >= 4 is 13.7 Å². The Hall–Kier alpha value is -2.84. The number of carbonyl (C=O) groups is 1. The number of unbranched alkanes of at least 4 members (excludes halogenated alkanes) is 20. The number of aliphatic hydroxyl groups excluding tert-OH is 1. The third-order valence-electron chi connectivity index (χ3n) is 12.3. The standard InChI is InChI=1S/C62H109N2O6P/c1-6-8-10-12-14-16-18-20-22-24-25-26-27-28-29-30-31-32-33-34-35-36-37-38-39-40-42-44-46-48-50-52-54-56-62(66)63-60(59-70-71(67,68)69-58-57-64(3,4)5)61(65)55-53-51-49-47-45-43-41-23-21-19-17-15-13-11-9-7-2/h8,10,14,16,20,22,25-26,28-29,31-32,34-35,37-38,40,42,60-61,65H,6-7,9,11-13,15,17-19,21,23-24,27,30,33,36,39,41,43-59H2,1-5H3,(H-,63,66,67,68)/b10-8-,16-14-,22-20-,26-25-,29-28-,32-31-,35-34-,38-37-,42-40-. The molecule has 1 amide bonds. The van der Waals surface area contributed by atoms with Gasteiger partial charge in [0.05, 0.1) is 39.9 Å². The highest BCUT2D eigenvalue weighted by atomic mass is 31.2. The van der Waals surface area contributed by atoms with Crippen LogP contribution in [0.2, 0.25) is 0 Å². The van der Waals surface area contributed by atoms with Crippen molar-refractivity contribution in [3.8, 4) is 0 Å². The fourth-order valence-electron chi connectivity index (χ4n) is 7.80. The van der Waals surface area contributed by atoms with Gasteiger partial charge in [-0.05, 0) is 83.5 Å². The fraction of sp³-hybridized carbons (Fsp3) is 0.694. The van der Waals surface area contributed by atoms with Crippen LogP contribution < -0.4 is 10.2 Å². The van der Waals surface area contributed by atoms with E-state index in [-0.39, 0.29) is 19.1 Å². The number of hydrogen-bond donors (Lipinski definition) is 2. The van der Waals surface area contributed by atoms with Gasteiger partial charge in [0.25, 0.3) is 7.82 Å².